The van der Waals surface area contributed by atoms with Crippen molar-refractivity contribution in [2.45, 2.75) is 43.0 Å². The summed E-state index contributed by atoms with van der Waals surface area (Å²) in [5, 5.41) is 3.92. The molecule has 0 unspecified atom stereocenters. The number of rotatable bonds is 4. The molecule has 7 heteroatoms. The van der Waals surface area contributed by atoms with Crippen molar-refractivity contribution in [3.05, 3.63) is 0 Å². The number of sulfone groups is 1. The highest BCUT2D eigenvalue weighted by Gasteiger charge is 2.37. The van der Waals surface area contributed by atoms with Crippen LogP contribution in [0.5, 0.6) is 0 Å². The van der Waals surface area contributed by atoms with E-state index in [2.05, 4.69) is 16.6 Å². The van der Waals surface area contributed by atoms with Crippen molar-refractivity contribution in [3.8, 4) is 0 Å². The first kappa shape index (κ1) is 12.6. The van der Waals surface area contributed by atoms with Crippen LogP contribution in [0.15, 0.2) is 4.90 Å². The molecule has 1 saturated carbocycles. The Hall–Kier alpha value is -0.820. The van der Waals surface area contributed by atoms with Crippen molar-refractivity contribution in [1.29, 1.82) is 0 Å². The van der Waals surface area contributed by atoms with Gasteiger partial charge >= 0.3 is 0 Å². The van der Waals surface area contributed by atoms with Crippen LogP contribution in [0.3, 0.4) is 0 Å². The summed E-state index contributed by atoms with van der Waals surface area (Å²) in [6.45, 7) is 2.11. The second-order valence-corrected chi connectivity index (χ2v) is 7.34. The fourth-order valence-electron chi connectivity index (χ4n) is 2.14. The van der Waals surface area contributed by atoms with E-state index in [9.17, 15) is 8.42 Å². The molecular formula is C10H17N3O2S2. The normalized spacial score (nSPS) is 18.7. The van der Waals surface area contributed by atoms with Crippen molar-refractivity contribution in [3.63, 3.8) is 0 Å². The lowest BCUT2D eigenvalue weighted by Crippen LogP contribution is -2.44. The predicted molar refractivity (Wildman–Crippen MR) is 70.1 cm³/mol. The summed E-state index contributed by atoms with van der Waals surface area (Å²) in [7, 11) is -3.33. The third-order valence-electron chi connectivity index (χ3n) is 3.41. The third kappa shape index (κ3) is 2.26. The molecule has 0 aliphatic heterocycles. The van der Waals surface area contributed by atoms with Gasteiger partial charge < -0.3 is 11.1 Å². The zero-order chi connectivity index (χ0) is 12.7. The second-order valence-electron chi connectivity index (χ2n) is 4.61. The van der Waals surface area contributed by atoms with Crippen LogP contribution in [-0.2, 0) is 9.84 Å². The van der Waals surface area contributed by atoms with E-state index in [4.69, 9.17) is 5.73 Å². The van der Waals surface area contributed by atoms with Crippen LogP contribution in [0.25, 0.3) is 0 Å². The molecule has 1 aromatic heterocycles. The molecule has 3 N–H and O–H groups in total. The van der Waals surface area contributed by atoms with Crippen molar-refractivity contribution in [2.24, 2.45) is 0 Å². The van der Waals surface area contributed by atoms with E-state index in [-0.39, 0.29) is 16.3 Å². The predicted octanol–water partition coefficient (Wildman–Crippen LogP) is 1.87. The van der Waals surface area contributed by atoms with Crippen molar-refractivity contribution < 1.29 is 8.42 Å². The van der Waals surface area contributed by atoms with E-state index in [0.717, 1.165) is 37.1 Å². The van der Waals surface area contributed by atoms with Crippen LogP contribution in [0.1, 0.15) is 32.6 Å². The van der Waals surface area contributed by atoms with E-state index in [1.54, 1.807) is 0 Å². The number of nitrogens with one attached hydrogen (secondary N) is 1. The Kier molecular flexibility index (Phi) is 3.07. The van der Waals surface area contributed by atoms with Gasteiger partial charge in [-0.2, -0.15) is 4.37 Å². The van der Waals surface area contributed by atoms with E-state index < -0.39 is 9.84 Å². The van der Waals surface area contributed by atoms with Crippen molar-refractivity contribution in [1.82, 2.24) is 4.37 Å². The molecule has 0 spiro atoms. The van der Waals surface area contributed by atoms with Crippen LogP contribution in [-0.4, -0.2) is 24.6 Å². The van der Waals surface area contributed by atoms with Gasteiger partial charge in [-0.15, -0.1) is 0 Å². The van der Waals surface area contributed by atoms with Crippen molar-refractivity contribution >= 4 is 32.2 Å². The van der Waals surface area contributed by atoms with E-state index in [0.29, 0.717) is 5.00 Å². The smallest absolute Gasteiger partial charge is 0.182 e. The average molecular weight is 275 g/mol. The lowest BCUT2D eigenvalue weighted by Gasteiger charge is -2.42. The Morgan fingerprint density at radius 2 is 2.18 bits per heavy atom. The van der Waals surface area contributed by atoms with E-state index in [1.165, 1.54) is 6.42 Å². The molecule has 1 aliphatic carbocycles. The van der Waals surface area contributed by atoms with Gasteiger partial charge in [0.05, 0.1) is 0 Å². The molecule has 0 atom stereocenters. The molecule has 0 aromatic carbocycles. The number of aromatic nitrogens is 1. The highest BCUT2D eigenvalue weighted by molar-refractivity contribution is 7.91. The van der Waals surface area contributed by atoms with Crippen LogP contribution in [0, 0.1) is 0 Å². The van der Waals surface area contributed by atoms with Crippen LogP contribution in [0.2, 0.25) is 0 Å². The molecule has 1 fully saturated rings. The minimum absolute atomic E-state index is 0.0401. The van der Waals surface area contributed by atoms with Gasteiger partial charge in [-0.3, -0.25) is 0 Å². The molecule has 0 radical (unpaired) electrons. The first-order valence-electron chi connectivity index (χ1n) is 5.61. The summed E-state index contributed by atoms with van der Waals surface area (Å²) in [6.07, 6.45) is 5.48. The van der Waals surface area contributed by atoms with Crippen LogP contribution < -0.4 is 11.1 Å². The van der Waals surface area contributed by atoms with Gasteiger partial charge in [0.2, 0.25) is 0 Å². The molecule has 0 amide bonds. The molecule has 1 heterocycles. The SMILES string of the molecule is CCC1(Nc2snc(N)c2S(C)(=O)=O)CCC1. The number of nitrogens with zero attached hydrogens (tertiary/aromatic N) is 1. The van der Waals surface area contributed by atoms with Crippen molar-refractivity contribution in [2.75, 3.05) is 17.3 Å². The molecule has 1 aliphatic rings. The fraction of sp³-hybridized carbons (Fsp3) is 0.700. The zero-order valence-electron chi connectivity index (χ0n) is 9.99. The molecule has 17 heavy (non-hydrogen) atoms. The molecular weight excluding hydrogens is 258 g/mol. The summed E-state index contributed by atoms with van der Waals surface area (Å²) in [5.41, 5.74) is 5.67. The molecule has 5 nitrogen and oxygen atoms in total. The minimum Gasteiger partial charge on any atom is -0.382 e. The van der Waals surface area contributed by atoms with Gasteiger partial charge in [-0.05, 0) is 37.2 Å². The lowest BCUT2D eigenvalue weighted by atomic mass is 9.75. The van der Waals surface area contributed by atoms with Crippen LogP contribution in [0.4, 0.5) is 10.8 Å². The largest absolute Gasteiger partial charge is 0.382 e. The quantitative estimate of drug-likeness (QED) is 0.876. The topological polar surface area (TPSA) is 85.1 Å². The Morgan fingerprint density at radius 3 is 2.59 bits per heavy atom. The van der Waals surface area contributed by atoms with Gasteiger partial charge in [-0.25, -0.2) is 8.42 Å². The van der Waals surface area contributed by atoms with E-state index in [1.807, 2.05) is 0 Å². The Bertz CT molecular complexity index is 512. The average Bonchev–Trinajstić information content (AvgIpc) is 2.52. The third-order valence-corrected chi connectivity index (χ3v) is 5.47. The maximum atomic E-state index is 11.7. The molecule has 1 aromatic rings. The summed E-state index contributed by atoms with van der Waals surface area (Å²) in [6, 6.07) is 0. The molecule has 0 bridgehead atoms. The maximum absolute atomic E-state index is 11.7. The highest BCUT2D eigenvalue weighted by atomic mass is 32.2. The number of hydrogen-bond acceptors (Lipinski definition) is 6. The number of hydrogen-bond donors (Lipinski definition) is 2. The Balaban J connectivity index is 2.34. The zero-order valence-corrected chi connectivity index (χ0v) is 11.6. The van der Waals surface area contributed by atoms with Gasteiger partial charge in [0.15, 0.2) is 15.7 Å². The number of nitrogens with two attached hydrogens (primary N) is 1. The lowest BCUT2D eigenvalue weighted by molar-refractivity contribution is 0.270. The van der Waals surface area contributed by atoms with Gasteiger partial charge in [0.25, 0.3) is 0 Å². The highest BCUT2D eigenvalue weighted by Crippen LogP contribution is 2.41. The van der Waals surface area contributed by atoms with Crippen LogP contribution >= 0.6 is 11.5 Å². The van der Waals surface area contributed by atoms with E-state index >= 15 is 0 Å². The molecule has 0 saturated heterocycles. The monoisotopic (exact) mass is 275 g/mol. The first-order valence-corrected chi connectivity index (χ1v) is 8.28. The standard InChI is InChI=1S/C10H17N3O2S2/c1-3-10(5-4-6-10)12-9-7(17(2,14)15)8(11)13-16-9/h12H,3-6H2,1-2H3,(H2,11,13). The van der Waals surface area contributed by atoms with Gasteiger partial charge in [0.1, 0.15) is 9.90 Å². The summed E-state index contributed by atoms with van der Waals surface area (Å²) >= 11 is 1.13. The van der Waals surface area contributed by atoms with Gasteiger partial charge in [-0.1, -0.05) is 6.92 Å². The molecule has 96 valence electrons. The number of nitrogen functional groups attached to an aromatic ring is 1. The summed E-state index contributed by atoms with van der Waals surface area (Å²) in [5.74, 6) is 0.102. The Morgan fingerprint density at radius 1 is 1.53 bits per heavy atom. The first-order chi connectivity index (χ1) is 7.88. The second kappa shape index (κ2) is 4.13. The summed E-state index contributed by atoms with van der Waals surface area (Å²) in [4.78, 5) is 0.155. The molecule has 2 rings (SSSR count). The Labute approximate surface area is 105 Å². The fourth-order valence-corrected chi connectivity index (χ4v) is 4.31. The summed E-state index contributed by atoms with van der Waals surface area (Å²) < 4.78 is 27.3. The maximum Gasteiger partial charge on any atom is 0.182 e. The minimum atomic E-state index is -3.33. The van der Waals surface area contributed by atoms with Gasteiger partial charge in [0, 0.05) is 11.8 Å². The number of anilines is 2.